The van der Waals surface area contributed by atoms with E-state index < -0.39 is 5.97 Å². The van der Waals surface area contributed by atoms with Crippen molar-refractivity contribution in [1.29, 1.82) is 0 Å². The lowest BCUT2D eigenvalue weighted by molar-refractivity contribution is 0.0527. The van der Waals surface area contributed by atoms with Gasteiger partial charge in [-0.1, -0.05) is 11.6 Å². The highest BCUT2D eigenvalue weighted by Gasteiger charge is 2.22. The second-order valence-electron chi connectivity index (χ2n) is 5.60. The number of hydrogen-bond donors (Lipinski definition) is 0. The fourth-order valence-electron chi connectivity index (χ4n) is 2.52. The second kappa shape index (κ2) is 8.05. The Morgan fingerprint density at radius 1 is 1.07 bits per heavy atom. The Kier molecular flexibility index (Phi) is 5.57. The molecular weight excluding hydrogens is 368 g/mol. The van der Waals surface area contributed by atoms with Gasteiger partial charge in [-0.15, -0.1) is 0 Å². The molecule has 0 atom stereocenters. The average molecular weight is 385 g/mol. The zero-order valence-corrected chi connectivity index (χ0v) is 15.6. The van der Waals surface area contributed by atoms with Crippen LogP contribution in [0, 0.1) is 0 Å². The summed E-state index contributed by atoms with van der Waals surface area (Å²) in [6.07, 6.45) is 1.38. The molecule has 0 aliphatic carbocycles. The first-order valence-electron chi connectivity index (χ1n) is 8.25. The van der Waals surface area contributed by atoms with E-state index in [0.29, 0.717) is 27.6 Å². The van der Waals surface area contributed by atoms with Gasteiger partial charge in [-0.25, -0.2) is 9.48 Å². The molecule has 0 bridgehead atoms. The van der Waals surface area contributed by atoms with Crippen LogP contribution in [0.5, 0.6) is 5.75 Å². The van der Waals surface area contributed by atoms with Crippen molar-refractivity contribution in [2.24, 2.45) is 0 Å². The third-order valence-electron chi connectivity index (χ3n) is 3.87. The fourth-order valence-corrected chi connectivity index (χ4v) is 2.65. The Labute approximate surface area is 161 Å². The van der Waals surface area contributed by atoms with E-state index in [2.05, 4.69) is 5.10 Å². The smallest absolute Gasteiger partial charge is 0.342 e. The molecule has 0 aliphatic heterocycles. The summed E-state index contributed by atoms with van der Waals surface area (Å²) in [6.45, 7) is 1.94. The van der Waals surface area contributed by atoms with Gasteiger partial charge in [0.05, 0.1) is 13.7 Å². The van der Waals surface area contributed by atoms with Crippen LogP contribution in [0.4, 0.5) is 0 Å². The predicted octanol–water partition coefficient (Wildman–Crippen LogP) is 4.08. The molecule has 7 heteroatoms. The number of aromatic nitrogens is 2. The first-order valence-corrected chi connectivity index (χ1v) is 8.62. The van der Waals surface area contributed by atoms with Crippen molar-refractivity contribution in [3.8, 4) is 17.0 Å². The Hall–Kier alpha value is -3.12. The van der Waals surface area contributed by atoms with Gasteiger partial charge < -0.3 is 9.47 Å². The highest BCUT2D eigenvalue weighted by atomic mass is 35.5. The lowest BCUT2D eigenvalue weighted by Crippen LogP contribution is -2.12. The molecule has 0 fully saturated rings. The van der Waals surface area contributed by atoms with Crippen LogP contribution in [0.25, 0.3) is 11.3 Å². The standard InChI is InChI=1S/C20H17ClN2O4/c1-3-27-20(25)17-12-23(19(24)14-4-8-15(21)9-5-14)22-18(17)13-6-10-16(26-2)11-7-13/h4-12H,3H2,1-2H3. The van der Waals surface area contributed by atoms with Gasteiger partial charge in [0, 0.05) is 22.3 Å². The molecule has 0 saturated heterocycles. The summed E-state index contributed by atoms with van der Waals surface area (Å²) >= 11 is 5.87. The number of hydrogen-bond acceptors (Lipinski definition) is 5. The molecule has 2 aromatic carbocycles. The summed E-state index contributed by atoms with van der Waals surface area (Å²) in [5.74, 6) is -0.247. The lowest BCUT2D eigenvalue weighted by Gasteiger charge is -2.04. The van der Waals surface area contributed by atoms with Crippen molar-refractivity contribution in [3.05, 3.63) is 70.9 Å². The van der Waals surface area contributed by atoms with Crippen molar-refractivity contribution in [1.82, 2.24) is 9.78 Å². The molecule has 1 aromatic heterocycles. The van der Waals surface area contributed by atoms with E-state index in [1.54, 1.807) is 62.6 Å². The molecule has 6 nitrogen and oxygen atoms in total. The largest absolute Gasteiger partial charge is 0.497 e. The second-order valence-corrected chi connectivity index (χ2v) is 6.03. The summed E-state index contributed by atoms with van der Waals surface area (Å²) in [5.41, 5.74) is 1.64. The Morgan fingerprint density at radius 3 is 2.33 bits per heavy atom. The molecule has 3 aromatic rings. The van der Waals surface area contributed by atoms with Gasteiger partial charge >= 0.3 is 5.97 Å². The number of carbonyl (C=O) groups is 2. The summed E-state index contributed by atoms with van der Waals surface area (Å²) < 4.78 is 11.4. The number of esters is 1. The van der Waals surface area contributed by atoms with E-state index in [-0.39, 0.29) is 18.1 Å². The van der Waals surface area contributed by atoms with Crippen molar-refractivity contribution in [3.63, 3.8) is 0 Å². The first kappa shape index (κ1) is 18.7. The molecule has 0 saturated carbocycles. The van der Waals surface area contributed by atoms with Crippen LogP contribution in [0.2, 0.25) is 5.02 Å². The van der Waals surface area contributed by atoms with Crippen LogP contribution in [0.3, 0.4) is 0 Å². The lowest BCUT2D eigenvalue weighted by atomic mass is 10.1. The minimum Gasteiger partial charge on any atom is -0.497 e. The van der Waals surface area contributed by atoms with Crippen molar-refractivity contribution >= 4 is 23.5 Å². The molecule has 0 spiro atoms. The average Bonchev–Trinajstić information content (AvgIpc) is 3.14. The Morgan fingerprint density at radius 2 is 1.74 bits per heavy atom. The van der Waals surface area contributed by atoms with Gasteiger partial charge in [-0.2, -0.15) is 5.10 Å². The van der Waals surface area contributed by atoms with E-state index in [1.807, 2.05) is 0 Å². The molecule has 27 heavy (non-hydrogen) atoms. The maximum Gasteiger partial charge on any atom is 0.342 e. The van der Waals surface area contributed by atoms with Gasteiger partial charge in [-0.3, -0.25) is 4.79 Å². The minimum absolute atomic E-state index is 0.212. The summed E-state index contributed by atoms with van der Waals surface area (Å²) in [4.78, 5) is 25.1. The number of halogens is 1. The maximum atomic E-state index is 12.7. The number of ether oxygens (including phenoxy) is 2. The Bertz CT molecular complexity index is 963. The summed E-state index contributed by atoms with van der Waals surface area (Å²) in [6, 6.07) is 13.5. The number of carbonyl (C=O) groups excluding carboxylic acids is 2. The Balaban J connectivity index is 2.04. The van der Waals surface area contributed by atoms with Gasteiger partial charge in [0.15, 0.2) is 0 Å². The van der Waals surface area contributed by atoms with Crippen LogP contribution in [-0.4, -0.2) is 35.4 Å². The molecule has 138 valence electrons. The third kappa shape index (κ3) is 4.01. The van der Waals surface area contributed by atoms with E-state index in [1.165, 1.54) is 6.20 Å². The molecule has 3 rings (SSSR count). The predicted molar refractivity (Wildman–Crippen MR) is 101 cm³/mol. The van der Waals surface area contributed by atoms with E-state index in [4.69, 9.17) is 21.1 Å². The topological polar surface area (TPSA) is 70.4 Å². The number of nitrogens with zero attached hydrogens (tertiary/aromatic N) is 2. The molecule has 0 radical (unpaired) electrons. The van der Waals surface area contributed by atoms with Crippen LogP contribution >= 0.6 is 11.6 Å². The third-order valence-corrected chi connectivity index (χ3v) is 4.12. The number of methoxy groups -OCH3 is 1. The van der Waals surface area contributed by atoms with Crippen LogP contribution in [0.15, 0.2) is 54.7 Å². The minimum atomic E-state index is -0.543. The normalized spacial score (nSPS) is 10.5. The van der Waals surface area contributed by atoms with Gasteiger partial charge in [0.1, 0.15) is 17.0 Å². The molecule has 1 heterocycles. The van der Waals surface area contributed by atoms with E-state index in [9.17, 15) is 9.59 Å². The zero-order chi connectivity index (χ0) is 19.4. The molecular formula is C20H17ClN2O4. The van der Waals surface area contributed by atoms with Crippen LogP contribution in [-0.2, 0) is 4.74 Å². The highest BCUT2D eigenvalue weighted by molar-refractivity contribution is 6.30. The van der Waals surface area contributed by atoms with Gasteiger partial charge in [-0.05, 0) is 55.5 Å². The van der Waals surface area contributed by atoms with E-state index in [0.717, 1.165) is 4.68 Å². The van der Waals surface area contributed by atoms with Gasteiger partial charge in [0.25, 0.3) is 5.91 Å². The fraction of sp³-hybridized carbons (Fsp3) is 0.150. The maximum absolute atomic E-state index is 12.7. The van der Waals surface area contributed by atoms with Gasteiger partial charge in [0.2, 0.25) is 0 Å². The molecule has 0 aliphatic rings. The summed E-state index contributed by atoms with van der Waals surface area (Å²) in [7, 11) is 1.57. The van der Waals surface area contributed by atoms with Crippen molar-refractivity contribution in [2.45, 2.75) is 6.92 Å². The summed E-state index contributed by atoms with van der Waals surface area (Å²) in [5, 5.41) is 4.86. The number of rotatable bonds is 5. The highest BCUT2D eigenvalue weighted by Crippen LogP contribution is 2.25. The van der Waals surface area contributed by atoms with Crippen LogP contribution < -0.4 is 4.74 Å². The first-order chi connectivity index (χ1) is 13.0. The van der Waals surface area contributed by atoms with Crippen molar-refractivity contribution in [2.75, 3.05) is 13.7 Å². The quantitative estimate of drug-likeness (QED) is 0.620. The monoisotopic (exact) mass is 384 g/mol. The SMILES string of the molecule is CCOC(=O)c1cn(C(=O)c2ccc(Cl)cc2)nc1-c1ccc(OC)cc1. The van der Waals surface area contributed by atoms with Crippen LogP contribution in [0.1, 0.15) is 27.6 Å². The van der Waals surface area contributed by atoms with Crippen molar-refractivity contribution < 1.29 is 19.1 Å². The molecule has 0 unspecified atom stereocenters. The molecule has 0 N–H and O–H groups in total. The number of benzene rings is 2. The molecule has 0 amide bonds. The van der Waals surface area contributed by atoms with E-state index >= 15 is 0 Å². The zero-order valence-electron chi connectivity index (χ0n) is 14.8.